The molecule has 6 nitrogen and oxygen atoms in total. The molecule has 0 radical (unpaired) electrons. The predicted molar refractivity (Wildman–Crippen MR) is 85.5 cm³/mol. The van der Waals surface area contributed by atoms with E-state index in [1.165, 1.54) is 26.0 Å². The molecule has 0 aliphatic heterocycles. The molecule has 0 atom stereocenters. The van der Waals surface area contributed by atoms with E-state index in [4.69, 9.17) is 9.47 Å². The van der Waals surface area contributed by atoms with Crippen LogP contribution in [0.5, 0.6) is 11.5 Å². The number of amides is 2. The maximum Gasteiger partial charge on any atom is 0.240 e. The second-order valence-corrected chi connectivity index (χ2v) is 5.94. The fourth-order valence-corrected chi connectivity index (χ4v) is 1.98. The molecular weight excluding hydrogens is 284 g/mol. The minimum Gasteiger partial charge on any atom is -0.493 e. The molecule has 22 heavy (non-hydrogen) atoms. The molecule has 0 saturated heterocycles. The molecule has 0 aromatic heterocycles. The zero-order chi connectivity index (χ0) is 16.9. The molecule has 0 saturated carbocycles. The van der Waals surface area contributed by atoms with Gasteiger partial charge in [-0.1, -0.05) is 0 Å². The van der Waals surface area contributed by atoms with Crippen LogP contribution in [-0.2, 0) is 9.59 Å². The smallest absolute Gasteiger partial charge is 0.240 e. The van der Waals surface area contributed by atoms with Crippen LogP contribution in [0.3, 0.4) is 0 Å². The zero-order valence-electron chi connectivity index (χ0n) is 14.0. The number of anilines is 1. The van der Waals surface area contributed by atoms with Crippen molar-refractivity contribution in [3.05, 3.63) is 18.2 Å². The van der Waals surface area contributed by atoms with Crippen LogP contribution >= 0.6 is 0 Å². The number of benzene rings is 1. The van der Waals surface area contributed by atoms with Crippen molar-refractivity contribution in [1.82, 2.24) is 5.32 Å². The van der Waals surface area contributed by atoms with E-state index in [0.717, 1.165) is 0 Å². The van der Waals surface area contributed by atoms with E-state index in [9.17, 15) is 9.59 Å². The molecule has 1 aromatic carbocycles. The molecule has 122 valence electrons. The lowest BCUT2D eigenvalue weighted by molar-refractivity contribution is -0.124. The van der Waals surface area contributed by atoms with Crippen LogP contribution in [0.4, 0.5) is 5.69 Å². The number of rotatable bonds is 5. The lowest BCUT2D eigenvalue weighted by Crippen LogP contribution is -2.47. The second kappa shape index (κ2) is 7.15. The van der Waals surface area contributed by atoms with Crippen molar-refractivity contribution in [2.24, 2.45) is 0 Å². The van der Waals surface area contributed by atoms with E-state index in [-0.39, 0.29) is 23.9 Å². The predicted octanol–water partition coefficient (Wildman–Crippen LogP) is 1.97. The molecular formula is C16H24N2O4. The van der Waals surface area contributed by atoms with Crippen molar-refractivity contribution >= 4 is 17.5 Å². The summed E-state index contributed by atoms with van der Waals surface area (Å²) in [5.41, 5.74) is 0.228. The van der Waals surface area contributed by atoms with Crippen LogP contribution < -0.4 is 19.7 Å². The second-order valence-electron chi connectivity index (χ2n) is 5.94. The number of carbonyl (C=O) groups is 2. The van der Waals surface area contributed by atoms with E-state index >= 15 is 0 Å². The van der Waals surface area contributed by atoms with Crippen molar-refractivity contribution in [2.75, 3.05) is 25.7 Å². The summed E-state index contributed by atoms with van der Waals surface area (Å²) in [4.78, 5) is 25.3. The van der Waals surface area contributed by atoms with Crippen molar-refractivity contribution < 1.29 is 19.1 Å². The summed E-state index contributed by atoms with van der Waals surface area (Å²) in [5.74, 6) is 0.616. The molecule has 1 N–H and O–H groups in total. The Morgan fingerprint density at radius 1 is 1.14 bits per heavy atom. The first-order chi connectivity index (χ1) is 10.2. The molecule has 2 amide bonds. The molecule has 0 spiro atoms. The maximum atomic E-state index is 12.1. The van der Waals surface area contributed by atoms with Crippen LogP contribution in [-0.4, -0.2) is 38.1 Å². The van der Waals surface area contributed by atoms with Crippen LogP contribution in [0, 0.1) is 0 Å². The summed E-state index contributed by atoms with van der Waals surface area (Å²) in [7, 11) is 3.06. The van der Waals surface area contributed by atoms with E-state index in [1.54, 1.807) is 18.2 Å². The third-order valence-electron chi connectivity index (χ3n) is 2.88. The van der Waals surface area contributed by atoms with E-state index in [0.29, 0.717) is 17.2 Å². The van der Waals surface area contributed by atoms with E-state index in [2.05, 4.69) is 5.32 Å². The first kappa shape index (κ1) is 17.8. The molecule has 1 rings (SSSR count). The molecule has 1 aromatic rings. The molecule has 6 heteroatoms. The largest absolute Gasteiger partial charge is 0.493 e. The highest BCUT2D eigenvalue weighted by Crippen LogP contribution is 2.31. The van der Waals surface area contributed by atoms with Gasteiger partial charge in [0, 0.05) is 24.2 Å². The van der Waals surface area contributed by atoms with Gasteiger partial charge in [0.25, 0.3) is 0 Å². The Labute approximate surface area is 131 Å². The number of hydrogen-bond donors (Lipinski definition) is 1. The average Bonchev–Trinajstić information content (AvgIpc) is 2.41. The van der Waals surface area contributed by atoms with Crippen LogP contribution in [0.25, 0.3) is 0 Å². The molecule has 0 bridgehead atoms. The van der Waals surface area contributed by atoms with Crippen LogP contribution in [0.15, 0.2) is 18.2 Å². The van der Waals surface area contributed by atoms with Gasteiger partial charge in [0.1, 0.15) is 6.54 Å². The van der Waals surface area contributed by atoms with Crippen molar-refractivity contribution in [3.8, 4) is 11.5 Å². The molecule has 0 aliphatic carbocycles. The highest BCUT2D eigenvalue weighted by molar-refractivity contribution is 5.97. The Morgan fingerprint density at radius 2 is 1.73 bits per heavy atom. The van der Waals surface area contributed by atoms with Gasteiger partial charge >= 0.3 is 0 Å². The summed E-state index contributed by atoms with van der Waals surface area (Å²) in [6.07, 6.45) is 0. The fourth-order valence-electron chi connectivity index (χ4n) is 1.98. The molecule has 0 unspecified atom stereocenters. The van der Waals surface area contributed by atoms with Crippen LogP contribution in [0.2, 0.25) is 0 Å². The van der Waals surface area contributed by atoms with Gasteiger partial charge in [-0.15, -0.1) is 0 Å². The minimum absolute atomic E-state index is 0.0535. The lowest BCUT2D eigenvalue weighted by Gasteiger charge is -2.25. The summed E-state index contributed by atoms with van der Waals surface area (Å²) >= 11 is 0. The standard InChI is InChI=1S/C16H24N2O4/c1-11(19)18(10-15(20)17-16(2,3)4)12-7-8-13(21-5)14(9-12)22-6/h7-9H,10H2,1-6H3,(H,17,20). The highest BCUT2D eigenvalue weighted by atomic mass is 16.5. The Morgan fingerprint density at radius 3 is 2.18 bits per heavy atom. The highest BCUT2D eigenvalue weighted by Gasteiger charge is 2.20. The summed E-state index contributed by atoms with van der Waals surface area (Å²) in [5, 5.41) is 2.84. The van der Waals surface area contributed by atoms with Gasteiger partial charge in [0.05, 0.1) is 14.2 Å². The molecule has 0 aliphatic rings. The third-order valence-corrected chi connectivity index (χ3v) is 2.88. The molecule has 0 fully saturated rings. The number of carbonyl (C=O) groups excluding carboxylic acids is 2. The first-order valence-corrected chi connectivity index (χ1v) is 6.99. The SMILES string of the molecule is COc1ccc(N(CC(=O)NC(C)(C)C)C(C)=O)cc1OC. The van der Waals surface area contributed by atoms with Gasteiger partial charge in [-0.2, -0.15) is 0 Å². The average molecular weight is 308 g/mol. The van der Waals surface area contributed by atoms with Gasteiger partial charge in [-0.3, -0.25) is 9.59 Å². The van der Waals surface area contributed by atoms with E-state index < -0.39 is 0 Å². The monoisotopic (exact) mass is 308 g/mol. The van der Waals surface area contributed by atoms with E-state index in [1.807, 2.05) is 20.8 Å². The number of methoxy groups -OCH3 is 2. The first-order valence-electron chi connectivity index (χ1n) is 6.99. The quantitative estimate of drug-likeness (QED) is 0.903. The minimum atomic E-state index is -0.350. The summed E-state index contributed by atoms with van der Waals surface area (Å²) < 4.78 is 10.4. The van der Waals surface area contributed by atoms with Crippen molar-refractivity contribution in [1.29, 1.82) is 0 Å². The summed E-state index contributed by atoms with van der Waals surface area (Å²) in [6, 6.07) is 5.09. The van der Waals surface area contributed by atoms with Gasteiger partial charge in [-0.05, 0) is 32.9 Å². The normalized spacial score (nSPS) is 10.8. The maximum absolute atomic E-state index is 12.1. The number of ether oxygens (including phenoxy) is 2. The third kappa shape index (κ3) is 4.95. The fraction of sp³-hybridized carbons (Fsp3) is 0.500. The number of nitrogens with one attached hydrogen (secondary N) is 1. The Balaban J connectivity index is 3.01. The van der Waals surface area contributed by atoms with Gasteiger partial charge in [0.2, 0.25) is 11.8 Å². The van der Waals surface area contributed by atoms with Crippen LogP contribution in [0.1, 0.15) is 27.7 Å². The van der Waals surface area contributed by atoms with Gasteiger partial charge in [0.15, 0.2) is 11.5 Å². The lowest BCUT2D eigenvalue weighted by atomic mass is 10.1. The van der Waals surface area contributed by atoms with Gasteiger partial charge in [-0.25, -0.2) is 0 Å². The van der Waals surface area contributed by atoms with Crippen molar-refractivity contribution in [2.45, 2.75) is 33.2 Å². The Hall–Kier alpha value is -2.24. The van der Waals surface area contributed by atoms with Crippen molar-refractivity contribution in [3.63, 3.8) is 0 Å². The number of hydrogen-bond acceptors (Lipinski definition) is 4. The Kier molecular flexibility index (Phi) is 5.79. The Bertz CT molecular complexity index is 550. The van der Waals surface area contributed by atoms with Gasteiger partial charge < -0.3 is 19.7 Å². The number of nitrogens with zero attached hydrogens (tertiary/aromatic N) is 1. The summed E-state index contributed by atoms with van der Waals surface area (Å²) in [6.45, 7) is 7.03. The topological polar surface area (TPSA) is 67.9 Å². The zero-order valence-corrected chi connectivity index (χ0v) is 14.0. The molecule has 0 heterocycles.